The topological polar surface area (TPSA) is 58.2 Å². The van der Waals surface area contributed by atoms with Crippen LogP contribution in [0.15, 0.2) is 11.8 Å². The van der Waals surface area contributed by atoms with Crippen molar-refractivity contribution in [2.24, 2.45) is 5.41 Å². The van der Waals surface area contributed by atoms with Gasteiger partial charge in [0.15, 0.2) is 5.78 Å². The SMILES string of the molecule is CC(=O)NNC1=CC(=O)CC(C)(C)C1. The number of hydrogen-bond donors (Lipinski definition) is 2. The third kappa shape index (κ3) is 3.20. The van der Waals surface area contributed by atoms with Crippen LogP contribution in [0.4, 0.5) is 0 Å². The van der Waals surface area contributed by atoms with Gasteiger partial charge < -0.3 is 5.43 Å². The van der Waals surface area contributed by atoms with Crippen molar-refractivity contribution in [3.05, 3.63) is 11.8 Å². The molecular formula is C10H16N2O2. The van der Waals surface area contributed by atoms with Gasteiger partial charge in [-0.05, 0) is 11.8 Å². The number of nitrogens with one attached hydrogen (secondary N) is 2. The van der Waals surface area contributed by atoms with Crippen molar-refractivity contribution in [1.29, 1.82) is 0 Å². The lowest BCUT2D eigenvalue weighted by atomic mass is 9.79. The smallest absolute Gasteiger partial charge is 0.235 e. The van der Waals surface area contributed by atoms with Gasteiger partial charge in [-0.15, -0.1) is 0 Å². The van der Waals surface area contributed by atoms with Crippen LogP contribution in [0.1, 0.15) is 33.6 Å². The Hall–Kier alpha value is -1.32. The molecule has 0 heterocycles. The molecule has 1 aliphatic carbocycles. The number of carbonyl (C=O) groups is 2. The van der Waals surface area contributed by atoms with Gasteiger partial charge >= 0.3 is 0 Å². The Morgan fingerprint density at radius 3 is 2.57 bits per heavy atom. The van der Waals surface area contributed by atoms with Gasteiger partial charge in [0.05, 0.1) is 0 Å². The second kappa shape index (κ2) is 3.82. The number of ketones is 1. The van der Waals surface area contributed by atoms with Gasteiger partial charge in [-0.2, -0.15) is 0 Å². The zero-order valence-electron chi connectivity index (χ0n) is 8.81. The minimum atomic E-state index is -0.165. The van der Waals surface area contributed by atoms with Gasteiger partial charge in [0, 0.05) is 25.1 Å². The lowest BCUT2D eigenvalue weighted by Crippen LogP contribution is -2.38. The number of hydrogen-bond acceptors (Lipinski definition) is 3. The third-order valence-electron chi connectivity index (χ3n) is 2.06. The van der Waals surface area contributed by atoms with Crippen molar-refractivity contribution in [1.82, 2.24) is 10.9 Å². The minimum Gasteiger partial charge on any atom is -0.303 e. The molecule has 0 saturated carbocycles. The Balaban J connectivity index is 2.60. The van der Waals surface area contributed by atoms with Crippen LogP contribution in [0, 0.1) is 5.41 Å². The van der Waals surface area contributed by atoms with Crippen LogP contribution >= 0.6 is 0 Å². The highest BCUT2D eigenvalue weighted by Gasteiger charge is 2.27. The van der Waals surface area contributed by atoms with Crippen LogP contribution in [0.2, 0.25) is 0 Å². The van der Waals surface area contributed by atoms with Gasteiger partial charge in [0.1, 0.15) is 0 Å². The molecule has 1 amide bonds. The number of hydrazine groups is 1. The fourth-order valence-corrected chi connectivity index (χ4v) is 1.59. The molecule has 0 bridgehead atoms. The first kappa shape index (κ1) is 10.8. The molecule has 2 N–H and O–H groups in total. The quantitative estimate of drug-likeness (QED) is 0.645. The Kier molecular flexibility index (Phi) is 2.93. The van der Waals surface area contributed by atoms with E-state index < -0.39 is 0 Å². The average molecular weight is 196 g/mol. The van der Waals surface area contributed by atoms with Crippen LogP contribution in [-0.2, 0) is 9.59 Å². The van der Waals surface area contributed by atoms with Gasteiger partial charge in [0.25, 0.3) is 0 Å². The summed E-state index contributed by atoms with van der Waals surface area (Å²) in [6.45, 7) is 5.49. The molecule has 1 aliphatic rings. The summed E-state index contributed by atoms with van der Waals surface area (Å²) in [6.07, 6.45) is 2.90. The summed E-state index contributed by atoms with van der Waals surface area (Å²) >= 11 is 0. The Morgan fingerprint density at radius 2 is 2.07 bits per heavy atom. The molecule has 0 spiro atoms. The molecule has 4 nitrogen and oxygen atoms in total. The van der Waals surface area contributed by atoms with Crippen molar-refractivity contribution in [2.75, 3.05) is 0 Å². The molecule has 0 unspecified atom stereocenters. The van der Waals surface area contributed by atoms with Crippen molar-refractivity contribution >= 4 is 11.7 Å². The summed E-state index contributed by atoms with van der Waals surface area (Å²) in [5, 5.41) is 0. The summed E-state index contributed by atoms with van der Waals surface area (Å²) < 4.78 is 0. The number of carbonyl (C=O) groups excluding carboxylic acids is 2. The van der Waals surface area contributed by atoms with Crippen molar-refractivity contribution in [3.63, 3.8) is 0 Å². The van der Waals surface area contributed by atoms with Crippen LogP contribution in [0.3, 0.4) is 0 Å². The molecule has 78 valence electrons. The van der Waals surface area contributed by atoms with Crippen molar-refractivity contribution < 1.29 is 9.59 Å². The highest BCUT2D eigenvalue weighted by atomic mass is 16.2. The molecule has 0 aliphatic heterocycles. The summed E-state index contributed by atoms with van der Waals surface area (Å²) in [6, 6.07) is 0. The van der Waals surface area contributed by atoms with Crippen LogP contribution in [0.5, 0.6) is 0 Å². The van der Waals surface area contributed by atoms with Crippen LogP contribution in [0.25, 0.3) is 0 Å². The lowest BCUT2D eigenvalue weighted by molar-refractivity contribution is -0.120. The Labute approximate surface area is 83.7 Å². The van der Waals surface area contributed by atoms with Crippen molar-refractivity contribution in [2.45, 2.75) is 33.6 Å². The number of allylic oxidation sites excluding steroid dienone is 2. The van der Waals surface area contributed by atoms with Crippen LogP contribution < -0.4 is 10.9 Å². The third-order valence-corrected chi connectivity index (χ3v) is 2.06. The van der Waals surface area contributed by atoms with E-state index in [1.54, 1.807) is 6.08 Å². The van der Waals surface area contributed by atoms with E-state index in [-0.39, 0.29) is 17.1 Å². The Bertz CT molecular complexity index is 292. The molecule has 0 aromatic rings. The van der Waals surface area contributed by atoms with E-state index in [1.807, 2.05) is 13.8 Å². The molecule has 0 saturated heterocycles. The summed E-state index contributed by atoms with van der Waals surface area (Å²) in [5.41, 5.74) is 5.97. The second-order valence-corrected chi connectivity index (χ2v) is 4.46. The molecule has 4 heteroatoms. The van der Waals surface area contributed by atoms with E-state index in [4.69, 9.17) is 0 Å². The second-order valence-electron chi connectivity index (χ2n) is 4.46. The summed E-state index contributed by atoms with van der Waals surface area (Å²) in [5.74, 6) is -0.0594. The summed E-state index contributed by atoms with van der Waals surface area (Å²) in [4.78, 5) is 21.9. The highest BCUT2D eigenvalue weighted by Crippen LogP contribution is 2.32. The van der Waals surface area contributed by atoms with E-state index in [1.165, 1.54) is 6.92 Å². The van der Waals surface area contributed by atoms with E-state index in [0.29, 0.717) is 6.42 Å². The monoisotopic (exact) mass is 196 g/mol. The maximum absolute atomic E-state index is 11.3. The van der Waals surface area contributed by atoms with Crippen LogP contribution in [-0.4, -0.2) is 11.7 Å². The van der Waals surface area contributed by atoms with Gasteiger partial charge in [-0.1, -0.05) is 13.8 Å². The maximum atomic E-state index is 11.3. The summed E-state index contributed by atoms with van der Waals surface area (Å²) in [7, 11) is 0. The zero-order valence-corrected chi connectivity index (χ0v) is 8.81. The molecular weight excluding hydrogens is 180 g/mol. The van der Waals surface area contributed by atoms with E-state index in [0.717, 1.165) is 12.1 Å². The predicted molar refractivity (Wildman–Crippen MR) is 53.1 cm³/mol. The van der Waals surface area contributed by atoms with Gasteiger partial charge in [-0.3, -0.25) is 15.0 Å². The maximum Gasteiger partial charge on any atom is 0.235 e. The molecule has 0 aromatic heterocycles. The van der Waals surface area contributed by atoms with Gasteiger partial charge in [-0.25, -0.2) is 0 Å². The van der Waals surface area contributed by atoms with E-state index >= 15 is 0 Å². The minimum absolute atomic E-state index is 0.0212. The zero-order chi connectivity index (χ0) is 10.8. The van der Waals surface area contributed by atoms with E-state index in [2.05, 4.69) is 10.9 Å². The molecule has 0 radical (unpaired) electrons. The molecule has 0 aromatic carbocycles. The molecule has 14 heavy (non-hydrogen) atoms. The largest absolute Gasteiger partial charge is 0.303 e. The lowest BCUT2D eigenvalue weighted by Gasteiger charge is -2.29. The van der Waals surface area contributed by atoms with E-state index in [9.17, 15) is 9.59 Å². The fraction of sp³-hybridized carbons (Fsp3) is 0.600. The fourth-order valence-electron chi connectivity index (χ4n) is 1.59. The first-order valence-electron chi connectivity index (χ1n) is 4.65. The molecule has 0 atom stereocenters. The first-order chi connectivity index (χ1) is 6.39. The average Bonchev–Trinajstić information content (AvgIpc) is 1.96. The number of rotatable bonds is 2. The first-order valence-corrected chi connectivity index (χ1v) is 4.65. The highest BCUT2D eigenvalue weighted by molar-refractivity contribution is 5.91. The van der Waals surface area contributed by atoms with Gasteiger partial charge in [0.2, 0.25) is 5.91 Å². The normalized spacial score (nSPS) is 19.9. The number of amides is 1. The predicted octanol–water partition coefficient (Wildman–Crippen LogP) is 0.900. The molecule has 1 rings (SSSR count). The molecule has 0 fully saturated rings. The Morgan fingerprint density at radius 1 is 1.43 bits per heavy atom. The van der Waals surface area contributed by atoms with Crippen molar-refractivity contribution in [3.8, 4) is 0 Å². The standard InChI is InChI=1S/C10H16N2O2/c1-7(13)11-12-8-4-9(14)6-10(2,3)5-8/h4,12H,5-6H2,1-3H3,(H,11,13).